The highest BCUT2D eigenvalue weighted by Crippen LogP contribution is 2.26. The smallest absolute Gasteiger partial charge is 0.341 e. The van der Waals surface area contributed by atoms with E-state index < -0.39 is 0 Å². The van der Waals surface area contributed by atoms with Gasteiger partial charge in [0, 0.05) is 36.6 Å². The van der Waals surface area contributed by atoms with Crippen LogP contribution in [-0.2, 0) is 4.74 Å². The average Bonchev–Trinajstić information content (AvgIpc) is 2.61. The summed E-state index contributed by atoms with van der Waals surface area (Å²) >= 11 is 6.09. The number of hydrogen-bond donors (Lipinski definition) is 1. The number of piperazine rings is 1. The van der Waals surface area contributed by atoms with E-state index in [0.717, 1.165) is 49.9 Å². The van der Waals surface area contributed by atoms with Crippen molar-refractivity contribution in [2.24, 2.45) is 0 Å². The number of halogens is 1. The fourth-order valence-electron chi connectivity index (χ4n) is 2.78. The first-order chi connectivity index (χ1) is 11.7. The Balaban J connectivity index is 1.99. The molecule has 1 aromatic heterocycles. The van der Waals surface area contributed by atoms with Crippen LogP contribution in [0.4, 0.5) is 5.82 Å². The quantitative estimate of drug-likeness (QED) is 0.664. The van der Waals surface area contributed by atoms with Gasteiger partial charge in [-0.1, -0.05) is 31.0 Å². The zero-order valence-corrected chi connectivity index (χ0v) is 14.6. The highest BCUT2D eigenvalue weighted by molar-refractivity contribution is 6.31. The number of nitrogens with one attached hydrogen (secondary N) is 1. The Bertz CT molecular complexity index is 730. The fourth-order valence-corrected chi connectivity index (χ4v) is 2.95. The predicted molar refractivity (Wildman–Crippen MR) is 97.0 cm³/mol. The number of benzene rings is 1. The second-order valence-corrected chi connectivity index (χ2v) is 6.36. The zero-order chi connectivity index (χ0) is 16.9. The van der Waals surface area contributed by atoms with Crippen LogP contribution in [0.5, 0.6) is 0 Å². The van der Waals surface area contributed by atoms with E-state index in [2.05, 4.69) is 17.1 Å². The number of ether oxygens (including phenoxy) is 1. The zero-order valence-electron chi connectivity index (χ0n) is 13.8. The lowest BCUT2D eigenvalue weighted by Crippen LogP contribution is -2.44. The van der Waals surface area contributed by atoms with Crippen molar-refractivity contribution >= 4 is 34.3 Å². The van der Waals surface area contributed by atoms with Crippen LogP contribution in [0.3, 0.4) is 0 Å². The van der Waals surface area contributed by atoms with Gasteiger partial charge in [-0.15, -0.1) is 0 Å². The minimum absolute atomic E-state index is 0.304. The number of hydrogen-bond acceptors (Lipinski definition) is 5. The molecule has 1 N–H and O–H groups in total. The van der Waals surface area contributed by atoms with Crippen LogP contribution in [0.2, 0.25) is 5.02 Å². The third kappa shape index (κ3) is 3.79. The molecule has 1 saturated heterocycles. The molecule has 0 atom stereocenters. The molecule has 5 nitrogen and oxygen atoms in total. The number of anilines is 1. The van der Waals surface area contributed by atoms with Gasteiger partial charge in [0.15, 0.2) is 0 Å². The van der Waals surface area contributed by atoms with Gasteiger partial charge < -0.3 is 15.0 Å². The molecule has 0 unspecified atom stereocenters. The van der Waals surface area contributed by atoms with Crippen molar-refractivity contribution in [1.82, 2.24) is 10.3 Å². The van der Waals surface area contributed by atoms with Crippen LogP contribution in [0, 0.1) is 0 Å². The lowest BCUT2D eigenvalue weighted by Gasteiger charge is -2.29. The number of rotatable bonds is 5. The van der Waals surface area contributed by atoms with Gasteiger partial charge in [0.05, 0.1) is 12.1 Å². The second-order valence-electron chi connectivity index (χ2n) is 5.92. The average molecular weight is 348 g/mol. The Morgan fingerprint density at radius 2 is 2.12 bits per heavy atom. The standard InChI is InChI=1S/C18H22ClN3O2/c1-2-3-10-24-18(23)15-11-13-4-5-14(19)12-16(13)21-17(15)22-8-6-20-7-9-22/h4-5,11-12,20H,2-3,6-10H2,1H3. The molecule has 128 valence electrons. The van der Waals surface area contributed by atoms with Gasteiger partial charge in [-0.3, -0.25) is 0 Å². The summed E-state index contributed by atoms with van der Waals surface area (Å²) in [7, 11) is 0. The van der Waals surface area contributed by atoms with Gasteiger partial charge in [-0.2, -0.15) is 0 Å². The topological polar surface area (TPSA) is 54.5 Å². The van der Waals surface area contributed by atoms with E-state index >= 15 is 0 Å². The minimum Gasteiger partial charge on any atom is -0.462 e. The third-order valence-electron chi connectivity index (χ3n) is 4.13. The van der Waals surface area contributed by atoms with Gasteiger partial charge in [-0.25, -0.2) is 9.78 Å². The van der Waals surface area contributed by atoms with E-state index in [9.17, 15) is 4.79 Å². The van der Waals surface area contributed by atoms with Gasteiger partial charge in [-0.05, 0) is 24.6 Å². The van der Waals surface area contributed by atoms with Gasteiger partial charge in [0.25, 0.3) is 0 Å². The van der Waals surface area contributed by atoms with Crippen molar-refractivity contribution in [2.75, 3.05) is 37.7 Å². The molecule has 1 aliphatic heterocycles. The molecule has 2 heterocycles. The Morgan fingerprint density at radius 3 is 2.88 bits per heavy atom. The second kappa shape index (κ2) is 7.81. The van der Waals surface area contributed by atoms with Crippen LogP contribution in [0.1, 0.15) is 30.1 Å². The Labute approximate surface area is 146 Å². The summed E-state index contributed by atoms with van der Waals surface area (Å²) in [5, 5.41) is 4.84. The molecule has 0 spiro atoms. The summed E-state index contributed by atoms with van der Waals surface area (Å²) in [6, 6.07) is 7.39. The first-order valence-electron chi connectivity index (χ1n) is 8.42. The van der Waals surface area contributed by atoms with E-state index in [1.165, 1.54) is 0 Å². The Morgan fingerprint density at radius 1 is 1.33 bits per heavy atom. The van der Waals surface area contributed by atoms with E-state index in [4.69, 9.17) is 21.3 Å². The first kappa shape index (κ1) is 17.0. The van der Waals surface area contributed by atoms with Crippen LogP contribution < -0.4 is 10.2 Å². The third-order valence-corrected chi connectivity index (χ3v) is 4.36. The summed E-state index contributed by atoms with van der Waals surface area (Å²) in [4.78, 5) is 19.4. The van der Waals surface area contributed by atoms with E-state index in [-0.39, 0.29) is 5.97 Å². The summed E-state index contributed by atoms with van der Waals surface area (Å²) in [6.45, 7) is 5.89. The maximum atomic E-state index is 12.6. The van der Waals surface area contributed by atoms with E-state index in [1.807, 2.05) is 24.3 Å². The maximum absolute atomic E-state index is 12.6. The molecule has 2 aromatic rings. The lowest BCUT2D eigenvalue weighted by atomic mass is 10.1. The molecule has 1 fully saturated rings. The van der Waals surface area contributed by atoms with Crippen molar-refractivity contribution in [2.45, 2.75) is 19.8 Å². The van der Waals surface area contributed by atoms with Crippen molar-refractivity contribution in [1.29, 1.82) is 0 Å². The number of esters is 1. The molecular weight excluding hydrogens is 326 g/mol. The molecule has 0 aliphatic carbocycles. The summed E-state index contributed by atoms with van der Waals surface area (Å²) in [5.41, 5.74) is 1.32. The highest BCUT2D eigenvalue weighted by Gasteiger charge is 2.22. The molecule has 6 heteroatoms. The monoisotopic (exact) mass is 347 g/mol. The molecular formula is C18H22ClN3O2. The maximum Gasteiger partial charge on any atom is 0.341 e. The number of fused-ring (bicyclic) bond motifs is 1. The number of pyridine rings is 1. The molecule has 0 radical (unpaired) electrons. The number of unbranched alkanes of at least 4 members (excludes halogenated alkanes) is 1. The van der Waals surface area contributed by atoms with E-state index in [1.54, 1.807) is 0 Å². The van der Waals surface area contributed by atoms with Crippen molar-refractivity contribution < 1.29 is 9.53 Å². The largest absolute Gasteiger partial charge is 0.462 e. The van der Waals surface area contributed by atoms with Gasteiger partial charge >= 0.3 is 5.97 Å². The lowest BCUT2D eigenvalue weighted by molar-refractivity contribution is 0.0500. The summed E-state index contributed by atoms with van der Waals surface area (Å²) in [5.74, 6) is 0.383. The number of carbonyl (C=O) groups excluding carboxylic acids is 1. The molecule has 1 aromatic carbocycles. The molecule has 24 heavy (non-hydrogen) atoms. The van der Waals surface area contributed by atoms with Crippen LogP contribution in [0.15, 0.2) is 24.3 Å². The summed E-state index contributed by atoms with van der Waals surface area (Å²) < 4.78 is 5.43. The molecule has 0 saturated carbocycles. The molecule has 0 bridgehead atoms. The van der Waals surface area contributed by atoms with E-state index in [0.29, 0.717) is 23.0 Å². The number of carbonyl (C=O) groups is 1. The number of nitrogens with zero attached hydrogens (tertiary/aromatic N) is 2. The Kier molecular flexibility index (Phi) is 5.53. The first-order valence-corrected chi connectivity index (χ1v) is 8.80. The predicted octanol–water partition coefficient (Wildman–Crippen LogP) is 3.25. The van der Waals surface area contributed by atoms with Crippen molar-refractivity contribution in [3.05, 3.63) is 34.9 Å². The number of aromatic nitrogens is 1. The van der Waals surface area contributed by atoms with Crippen LogP contribution in [-0.4, -0.2) is 43.7 Å². The minimum atomic E-state index is -0.304. The SMILES string of the molecule is CCCCOC(=O)c1cc2ccc(Cl)cc2nc1N1CCNCC1. The van der Waals surface area contributed by atoms with Crippen LogP contribution >= 0.6 is 11.6 Å². The van der Waals surface area contributed by atoms with Crippen molar-refractivity contribution in [3.8, 4) is 0 Å². The molecule has 1 aliphatic rings. The van der Waals surface area contributed by atoms with Crippen molar-refractivity contribution in [3.63, 3.8) is 0 Å². The molecule has 3 rings (SSSR count). The summed E-state index contributed by atoms with van der Waals surface area (Å²) in [6.07, 6.45) is 1.86. The van der Waals surface area contributed by atoms with Gasteiger partial charge in [0.1, 0.15) is 11.4 Å². The van der Waals surface area contributed by atoms with Crippen LogP contribution in [0.25, 0.3) is 10.9 Å². The fraction of sp³-hybridized carbons (Fsp3) is 0.444. The van der Waals surface area contributed by atoms with Gasteiger partial charge in [0.2, 0.25) is 0 Å². The Hall–Kier alpha value is -1.85. The molecule has 0 amide bonds. The normalized spacial score (nSPS) is 14.8. The highest BCUT2D eigenvalue weighted by atomic mass is 35.5.